The van der Waals surface area contributed by atoms with E-state index >= 15 is 0 Å². The van der Waals surface area contributed by atoms with E-state index in [4.69, 9.17) is 9.84 Å². The van der Waals surface area contributed by atoms with Gasteiger partial charge in [0.25, 0.3) is 0 Å². The lowest BCUT2D eigenvalue weighted by Gasteiger charge is -2.22. The van der Waals surface area contributed by atoms with Crippen LogP contribution in [0.2, 0.25) is 0 Å². The molecule has 5 nitrogen and oxygen atoms in total. The van der Waals surface area contributed by atoms with Crippen LogP contribution in [0.25, 0.3) is 0 Å². The van der Waals surface area contributed by atoms with Gasteiger partial charge in [0.05, 0.1) is 11.6 Å². The van der Waals surface area contributed by atoms with Crippen LogP contribution in [-0.2, 0) is 4.74 Å². The quantitative estimate of drug-likeness (QED) is 0.867. The fraction of sp³-hybridized carbons (Fsp3) is 0.636. The summed E-state index contributed by atoms with van der Waals surface area (Å²) in [4.78, 5) is 16.5. The minimum Gasteiger partial charge on any atom is -0.444 e. The SMILES string of the molecule is CC(C)(C)OC(=O)NC(CCO)c1cncs1. The highest BCUT2D eigenvalue weighted by atomic mass is 32.1. The summed E-state index contributed by atoms with van der Waals surface area (Å²) in [6, 6.07) is -0.248. The second-order valence-corrected chi connectivity index (χ2v) is 5.53. The molecule has 0 aromatic carbocycles. The number of nitrogens with zero attached hydrogens (tertiary/aromatic N) is 1. The van der Waals surface area contributed by atoms with Gasteiger partial charge < -0.3 is 15.2 Å². The van der Waals surface area contributed by atoms with E-state index in [0.717, 1.165) is 4.88 Å². The van der Waals surface area contributed by atoms with Crippen molar-refractivity contribution in [3.63, 3.8) is 0 Å². The van der Waals surface area contributed by atoms with Crippen LogP contribution in [0.3, 0.4) is 0 Å². The highest BCUT2D eigenvalue weighted by molar-refractivity contribution is 7.09. The van der Waals surface area contributed by atoms with Gasteiger partial charge in [-0.1, -0.05) is 0 Å². The normalized spacial score (nSPS) is 13.2. The molecule has 1 aromatic heterocycles. The van der Waals surface area contributed by atoms with Crippen molar-refractivity contribution >= 4 is 17.4 Å². The van der Waals surface area contributed by atoms with Crippen LogP contribution < -0.4 is 5.32 Å². The van der Waals surface area contributed by atoms with Crippen molar-refractivity contribution in [3.8, 4) is 0 Å². The van der Waals surface area contributed by atoms with E-state index in [1.807, 2.05) is 0 Å². The molecule has 1 atom stereocenters. The molecule has 1 amide bonds. The molecular formula is C11H18N2O3S. The third kappa shape index (κ3) is 5.14. The Balaban J connectivity index is 2.59. The van der Waals surface area contributed by atoms with Crippen LogP contribution in [0.1, 0.15) is 38.1 Å². The summed E-state index contributed by atoms with van der Waals surface area (Å²) in [5.74, 6) is 0. The Morgan fingerprint density at radius 3 is 2.82 bits per heavy atom. The van der Waals surface area contributed by atoms with E-state index in [1.54, 1.807) is 32.5 Å². The van der Waals surface area contributed by atoms with Crippen LogP contribution in [0.15, 0.2) is 11.7 Å². The fourth-order valence-electron chi connectivity index (χ4n) is 1.26. The first-order valence-corrected chi connectivity index (χ1v) is 6.29. The van der Waals surface area contributed by atoms with Gasteiger partial charge in [-0.3, -0.25) is 4.98 Å². The second-order valence-electron chi connectivity index (χ2n) is 4.61. The predicted molar refractivity (Wildman–Crippen MR) is 65.9 cm³/mol. The van der Waals surface area contributed by atoms with Gasteiger partial charge in [0.1, 0.15) is 5.60 Å². The molecule has 0 aliphatic carbocycles. The number of nitrogens with one attached hydrogen (secondary N) is 1. The maximum atomic E-state index is 11.6. The summed E-state index contributed by atoms with van der Waals surface area (Å²) in [5, 5.41) is 11.7. The Bertz CT molecular complexity index is 346. The lowest BCUT2D eigenvalue weighted by atomic mass is 10.2. The van der Waals surface area contributed by atoms with Crippen molar-refractivity contribution in [2.75, 3.05) is 6.61 Å². The smallest absolute Gasteiger partial charge is 0.408 e. The molecule has 0 aliphatic rings. The average Bonchev–Trinajstić information content (AvgIpc) is 2.66. The molecule has 1 rings (SSSR count). The van der Waals surface area contributed by atoms with Crippen molar-refractivity contribution in [1.82, 2.24) is 10.3 Å². The lowest BCUT2D eigenvalue weighted by Crippen LogP contribution is -2.35. The van der Waals surface area contributed by atoms with Crippen LogP contribution in [-0.4, -0.2) is 28.4 Å². The molecule has 0 aliphatic heterocycles. The van der Waals surface area contributed by atoms with E-state index in [-0.39, 0.29) is 12.6 Å². The number of hydrogen-bond donors (Lipinski definition) is 2. The molecule has 96 valence electrons. The summed E-state index contributed by atoms with van der Waals surface area (Å²) in [6.45, 7) is 5.42. The third-order valence-corrected chi connectivity index (χ3v) is 2.79. The molecule has 0 bridgehead atoms. The first-order valence-electron chi connectivity index (χ1n) is 5.41. The number of aromatic nitrogens is 1. The van der Waals surface area contributed by atoms with Gasteiger partial charge >= 0.3 is 6.09 Å². The molecule has 1 aromatic rings. The molecule has 0 saturated carbocycles. The molecule has 0 saturated heterocycles. The Morgan fingerprint density at radius 2 is 2.35 bits per heavy atom. The van der Waals surface area contributed by atoms with Crippen LogP contribution >= 0.6 is 11.3 Å². The second kappa shape index (κ2) is 5.97. The number of alkyl carbamates (subject to hydrolysis) is 1. The molecule has 0 radical (unpaired) electrons. The van der Waals surface area contributed by atoms with Gasteiger partial charge in [0.15, 0.2) is 0 Å². The number of hydrogen-bond acceptors (Lipinski definition) is 5. The highest BCUT2D eigenvalue weighted by Crippen LogP contribution is 2.20. The number of carbonyl (C=O) groups excluding carboxylic acids is 1. The van der Waals surface area contributed by atoms with E-state index in [0.29, 0.717) is 6.42 Å². The van der Waals surface area contributed by atoms with Crippen LogP contribution in [0.5, 0.6) is 0 Å². The largest absolute Gasteiger partial charge is 0.444 e. The van der Waals surface area contributed by atoms with Gasteiger partial charge in [-0.2, -0.15) is 0 Å². The van der Waals surface area contributed by atoms with E-state index in [2.05, 4.69) is 10.3 Å². The number of rotatable bonds is 4. The maximum absolute atomic E-state index is 11.6. The fourth-order valence-corrected chi connectivity index (χ4v) is 1.97. The summed E-state index contributed by atoms with van der Waals surface area (Å²) < 4.78 is 5.17. The summed E-state index contributed by atoms with van der Waals surface area (Å²) in [7, 11) is 0. The molecule has 2 N–H and O–H groups in total. The van der Waals surface area contributed by atoms with Gasteiger partial charge in [-0.15, -0.1) is 11.3 Å². The summed E-state index contributed by atoms with van der Waals surface area (Å²) in [5.41, 5.74) is 1.16. The molecule has 1 heterocycles. The number of carbonyl (C=O) groups is 1. The number of aliphatic hydroxyl groups is 1. The number of amides is 1. The predicted octanol–water partition coefficient (Wildman–Crippen LogP) is 2.09. The lowest BCUT2D eigenvalue weighted by molar-refractivity contribution is 0.0497. The van der Waals surface area contributed by atoms with Crippen molar-refractivity contribution in [1.29, 1.82) is 0 Å². The molecule has 17 heavy (non-hydrogen) atoms. The van der Waals surface area contributed by atoms with Crippen LogP contribution in [0, 0.1) is 0 Å². The van der Waals surface area contributed by atoms with Crippen molar-refractivity contribution in [2.45, 2.75) is 38.8 Å². The van der Waals surface area contributed by atoms with Gasteiger partial charge in [0, 0.05) is 17.7 Å². The third-order valence-electron chi connectivity index (χ3n) is 1.90. The first-order chi connectivity index (χ1) is 7.92. The minimum atomic E-state index is -0.526. The maximum Gasteiger partial charge on any atom is 0.408 e. The van der Waals surface area contributed by atoms with Crippen molar-refractivity contribution in [3.05, 3.63) is 16.6 Å². The van der Waals surface area contributed by atoms with E-state index in [1.165, 1.54) is 11.3 Å². The minimum absolute atomic E-state index is 0.00162. The zero-order valence-corrected chi connectivity index (χ0v) is 11.1. The van der Waals surface area contributed by atoms with Crippen LogP contribution in [0.4, 0.5) is 4.79 Å². The number of aliphatic hydroxyl groups excluding tert-OH is 1. The Morgan fingerprint density at radius 1 is 1.65 bits per heavy atom. The Labute approximate surface area is 105 Å². The average molecular weight is 258 g/mol. The van der Waals surface area contributed by atoms with Gasteiger partial charge in [-0.25, -0.2) is 4.79 Å². The van der Waals surface area contributed by atoms with Gasteiger partial charge in [-0.05, 0) is 27.2 Å². The Hall–Kier alpha value is -1.14. The zero-order valence-electron chi connectivity index (χ0n) is 10.3. The molecule has 1 unspecified atom stereocenters. The van der Waals surface area contributed by atoms with Gasteiger partial charge in [0.2, 0.25) is 0 Å². The summed E-state index contributed by atoms with van der Waals surface area (Å²) >= 11 is 1.44. The van der Waals surface area contributed by atoms with E-state index in [9.17, 15) is 4.79 Å². The van der Waals surface area contributed by atoms with Crippen molar-refractivity contribution in [2.24, 2.45) is 0 Å². The Kier molecular flexibility index (Phi) is 4.89. The molecule has 6 heteroatoms. The topological polar surface area (TPSA) is 71.5 Å². The summed E-state index contributed by atoms with van der Waals surface area (Å²) in [6.07, 6.45) is 1.65. The van der Waals surface area contributed by atoms with Crippen molar-refractivity contribution < 1.29 is 14.6 Å². The molecule has 0 fully saturated rings. The number of thiazole rings is 1. The van der Waals surface area contributed by atoms with E-state index < -0.39 is 11.7 Å². The monoisotopic (exact) mass is 258 g/mol. The number of ether oxygens (including phenoxy) is 1. The standard InChI is InChI=1S/C11H18N2O3S/c1-11(2,3)16-10(15)13-8(4-5-14)9-6-12-7-17-9/h6-8,14H,4-5H2,1-3H3,(H,13,15). The first kappa shape index (κ1) is 13.9. The molecular weight excluding hydrogens is 240 g/mol. The highest BCUT2D eigenvalue weighted by Gasteiger charge is 2.20. The molecule has 0 spiro atoms. The zero-order chi connectivity index (χ0) is 12.9.